The van der Waals surface area contributed by atoms with Crippen LogP contribution in [0.1, 0.15) is 32.6 Å². The number of likely N-dealkylation sites (N-methyl/N-ethyl adjacent to an activating group) is 1. The Kier molecular flexibility index (Phi) is 7.09. The number of carbonyl (C=O) groups is 2. The zero-order chi connectivity index (χ0) is 14.3. The van der Waals surface area contributed by atoms with Gasteiger partial charge in [0.15, 0.2) is 0 Å². The van der Waals surface area contributed by atoms with Crippen LogP contribution in [0.5, 0.6) is 0 Å². The molecule has 0 spiro atoms. The number of aliphatic hydroxyl groups excluding tert-OH is 1. The Labute approximate surface area is 109 Å². The van der Waals surface area contributed by atoms with Gasteiger partial charge in [0.05, 0.1) is 21.1 Å². The van der Waals surface area contributed by atoms with Crippen molar-refractivity contribution >= 4 is 11.8 Å². The molecule has 0 fully saturated rings. The number of Topliss-reactive ketones (excluding diaryl/α,β-unsaturated/α-hetero) is 1. The summed E-state index contributed by atoms with van der Waals surface area (Å²) in [5, 5.41) is 19.0. The maximum Gasteiger partial charge on any atom is 0.316 e. The molecule has 5 heteroatoms. The topological polar surface area (TPSA) is 74.6 Å². The van der Waals surface area contributed by atoms with E-state index in [4.69, 9.17) is 5.11 Å². The van der Waals surface area contributed by atoms with Crippen LogP contribution in [0.15, 0.2) is 0 Å². The molecule has 0 aromatic rings. The van der Waals surface area contributed by atoms with Crippen molar-refractivity contribution < 1.29 is 24.3 Å². The lowest BCUT2D eigenvalue weighted by Gasteiger charge is -2.28. The highest BCUT2D eigenvalue weighted by Crippen LogP contribution is 2.14. The highest BCUT2D eigenvalue weighted by Gasteiger charge is 2.35. The Morgan fingerprint density at radius 2 is 1.72 bits per heavy atom. The van der Waals surface area contributed by atoms with Crippen LogP contribution in [0.2, 0.25) is 0 Å². The molecule has 0 saturated carbocycles. The molecule has 0 aliphatic heterocycles. The van der Waals surface area contributed by atoms with E-state index in [2.05, 4.69) is 0 Å². The van der Waals surface area contributed by atoms with Crippen LogP contribution in [-0.4, -0.2) is 60.2 Å². The van der Waals surface area contributed by atoms with Gasteiger partial charge in [0.1, 0.15) is 24.3 Å². The van der Waals surface area contributed by atoms with E-state index in [1.54, 1.807) is 0 Å². The highest BCUT2D eigenvalue weighted by molar-refractivity contribution is 5.98. The van der Waals surface area contributed by atoms with Gasteiger partial charge in [-0.15, -0.1) is 0 Å². The average Bonchev–Trinajstić information content (AvgIpc) is 2.14. The van der Waals surface area contributed by atoms with Gasteiger partial charge in [0.2, 0.25) is 0 Å². The minimum Gasteiger partial charge on any atom is -0.481 e. The summed E-state index contributed by atoms with van der Waals surface area (Å²) < 4.78 is 0.424. The SMILES string of the molecule is CCCCCC(=O)C(C(=O)O)C(O)C[N+](C)(C)C. The predicted octanol–water partition coefficient (Wildman–Crippen LogP) is 0.904. The smallest absolute Gasteiger partial charge is 0.316 e. The molecule has 18 heavy (non-hydrogen) atoms. The third-order valence-corrected chi connectivity index (χ3v) is 2.76. The number of nitrogens with zero attached hydrogens (tertiary/aromatic N) is 1. The lowest BCUT2D eigenvalue weighted by Crippen LogP contribution is -2.47. The predicted molar refractivity (Wildman–Crippen MR) is 69.2 cm³/mol. The van der Waals surface area contributed by atoms with Crippen molar-refractivity contribution in [1.82, 2.24) is 0 Å². The van der Waals surface area contributed by atoms with Crippen LogP contribution in [0.25, 0.3) is 0 Å². The number of aliphatic carboxylic acids is 1. The molecule has 0 aromatic carbocycles. The molecule has 0 aliphatic rings. The summed E-state index contributed by atoms with van der Waals surface area (Å²) in [5.74, 6) is -2.88. The van der Waals surface area contributed by atoms with E-state index in [9.17, 15) is 14.7 Å². The van der Waals surface area contributed by atoms with E-state index < -0.39 is 18.0 Å². The number of carboxylic acid groups (broad SMARTS) is 1. The van der Waals surface area contributed by atoms with Crippen LogP contribution < -0.4 is 0 Å². The second-order valence-electron chi connectivity index (χ2n) is 5.78. The molecule has 0 bridgehead atoms. The van der Waals surface area contributed by atoms with Crippen molar-refractivity contribution in [2.75, 3.05) is 27.7 Å². The summed E-state index contributed by atoms with van der Waals surface area (Å²) in [6.07, 6.45) is 1.68. The van der Waals surface area contributed by atoms with Gasteiger partial charge in [-0.3, -0.25) is 9.59 Å². The van der Waals surface area contributed by atoms with Gasteiger partial charge in [0, 0.05) is 6.42 Å². The Hall–Kier alpha value is -0.940. The maximum absolute atomic E-state index is 11.8. The normalized spacial score (nSPS) is 15.2. The van der Waals surface area contributed by atoms with E-state index in [-0.39, 0.29) is 18.7 Å². The van der Waals surface area contributed by atoms with Crippen molar-refractivity contribution in [3.63, 3.8) is 0 Å². The molecule has 0 heterocycles. The van der Waals surface area contributed by atoms with Crippen molar-refractivity contribution in [2.45, 2.75) is 38.7 Å². The molecule has 106 valence electrons. The fourth-order valence-electron chi connectivity index (χ4n) is 1.89. The first-order valence-electron chi connectivity index (χ1n) is 6.43. The lowest BCUT2D eigenvalue weighted by atomic mass is 9.93. The molecule has 2 atom stereocenters. The van der Waals surface area contributed by atoms with E-state index in [0.717, 1.165) is 12.8 Å². The molecule has 2 unspecified atom stereocenters. The third-order valence-electron chi connectivity index (χ3n) is 2.76. The second-order valence-corrected chi connectivity index (χ2v) is 5.78. The van der Waals surface area contributed by atoms with Gasteiger partial charge in [-0.2, -0.15) is 0 Å². The fourth-order valence-corrected chi connectivity index (χ4v) is 1.89. The fraction of sp³-hybridized carbons (Fsp3) is 0.846. The van der Waals surface area contributed by atoms with Crippen LogP contribution in [0.4, 0.5) is 0 Å². The molecule has 0 rings (SSSR count). The minimum absolute atomic E-state index is 0.235. The minimum atomic E-state index is -1.29. The van der Waals surface area contributed by atoms with Crippen molar-refractivity contribution in [3.05, 3.63) is 0 Å². The number of rotatable bonds is 9. The standard InChI is InChI=1S/C13H25NO4/c1-5-6-7-8-10(15)12(13(17)18)11(16)9-14(2,3)4/h11-12,16H,5-9H2,1-4H3/p+1. The number of hydrogen-bond acceptors (Lipinski definition) is 3. The monoisotopic (exact) mass is 260 g/mol. The van der Waals surface area contributed by atoms with Crippen molar-refractivity contribution in [3.8, 4) is 0 Å². The molecule has 0 aromatic heterocycles. The first-order valence-corrected chi connectivity index (χ1v) is 6.43. The largest absolute Gasteiger partial charge is 0.481 e. The third kappa shape index (κ3) is 6.71. The first kappa shape index (κ1) is 17.1. The Morgan fingerprint density at radius 3 is 2.11 bits per heavy atom. The Bertz CT molecular complexity index is 283. The summed E-state index contributed by atoms with van der Waals surface area (Å²) in [6, 6.07) is 0. The number of carbonyl (C=O) groups excluding carboxylic acids is 1. The number of quaternary nitrogens is 1. The quantitative estimate of drug-likeness (QED) is 0.367. The molecule has 0 aliphatic carbocycles. The zero-order valence-corrected chi connectivity index (χ0v) is 11.8. The van der Waals surface area contributed by atoms with Gasteiger partial charge in [-0.05, 0) is 6.42 Å². The average molecular weight is 260 g/mol. The van der Waals surface area contributed by atoms with Crippen LogP contribution in [0, 0.1) is 5.92 Å². The van der Waals surface area contributed by atoms with Crippen molar-refractivity contribution in [2.24, 2.45) is 5.92 Å². The van der Waals surface area contributed by atoms with Gasteiger partial charge in [0.25, 0.3) is 0 Å². The first-order chi connectivity index (χ1) is 8.19. The summed E-state index contributed by atoms with van der Waals surface area (Å²) in [6.45, 7) is 2.27. The van der Waals surface area contributed by atoms with E-state index >= 15 is 0 Å². The van der Waals surface area contributed by atoms with E-state index in [1.165, 1.54) is 0 Å². The number of hydrogen-bond donors (Lipinski definition) is 2. The summed E-state index contributed by atoms with van der Waals surface area (Å²) in [4.78, 5) is 23.0. The number of ketones is 1. The molecule has 0 radical (unpaired) electrons. The number of aliphatic hydroxyl groups is 1. The van der Waals surface area contributed by atoms with Crippen LogP contribution >= 0.6 is 0 Å². The van der Waals surface area contributed by atoms with Crippen molar-refractivity contribution in [1.29, 1.82) is 0 Å². The van der Waals surface area contributed by atoms with Gasteiger partial charge in [-0.25, -0.2) is 0 Å². The number of unbranched alkanes of at least 4 members (excludes halogenated alkanes) is 2. The van der Waals surface area contributed by atoms with Gasteiger partial charge < -0.3 is 14.7 Å². The summed E-state index contributed by atoms with van der Waals surface area (Å²) in [7, 11) is 5.55. The Morgan fingerprint density at radius 1 is 1.17 bits per heavy atom. The van der Waals surface area contributed by atoms with E-state index in [0.29, 0.717) is 10.9 Å². The highest BCUT2D eigenvalue weighted by atomic mass is 16.4. The summed E-state index contributed by atoms with van der Waals surface area (Å²) in [5.41, 5.74) is 0. The molecule has 2 N–H and O–H groups in total. The lowest BCUT2D eigenvalue weighted by molar-refractivity contribution is -0.873. The van der Waals surface area contributed by atoms with Crippen LogP contribution in [-0.2, 0) is 9.59 Å². The van der Waals surface area contributed by atoms with E-state index in [1.807, 2.05) is 28.1 Å². The molecule has 5 nitrogen and oxygen atoms in total. The Balaban J connectivity index is 4.55. The molecule has 0 saturated heterocycles. The molecular weight excluding hydrogens is 234 g/mol. The summed E-state index contributed by atoms with van der Waals surface area (Å²) >= 11 is 0. The van der Waals surface area contributed by atoms with Gasteiger partial charge in [-0.1, -0.05) is 19.8 Å². The zero-order valence-electron chi connectivity index (χ0n) is 11.8. The second kappa shape index (κ2) is 7.48. The maximum atomic E-state index is 11.8. The molecule has 0 amide bonds. The molecular formula is C13H26NO4+. The van der Waals surface area contributed by atoms with Crippen LogP contribution in [0.3, 0.4) is 0 Å². The van der Waals surface area contributed by atoms with Gasteiger partial charge >= 0.3 is 5.97 Å². The number of carboxylic acids is 1.